The van der Waals surface area contributed by atoms with Crippen molar-refractivity contribution in [3.05, 3.63) is 29.7 Å². The Balaban J connectivity index is 1.77. The molecule has 0 radical (unpaired) electrons. The normalized spacial score (nSPS) is 16.5. The van der Waals surface area contributed by atoms with E-state index in [1.54, 1.807) is 6.08 Å². The van der Waals surface area contributed by atoms with Gasteiger partial charge < -0.3 is 14.4 Å². The zero-order chi connectivity index (χ0) is 15.2. The predicted molar refractivity (Wildman–Crippen MR) is 78.7 cm³/mol. The number of aliphatic carboxylic acids is 1. The molecule has 1 saturated heterocycles. The third-order valence-electron chi connectivity index (χ3n) is 3.84. The van der Waals surface area contributed by atoms with E-state index in [0.717, 1.165) is 18.6 Å². The van der Waals surface area contributed by atoms with E-state index < -0.39 is 5.97 Å². The number of carbonyl (C=O) groups is 2. The molecule has 1 aromatic heterocycles. The summed E-state index contributed by atoms with van der Waals surface area (Å²) in [6.45, 7) is 3.26. The van der Waals surface area contributed by atoms with E-state index in [2.05, 4.69) is 0 Å². The van der Waals surface area contributed by atoms with Gasteiger partial charge in [0.1, 0.15) is 11.5 Å². The van der Waals surface area contributed by atoms with Crippen LogP contribution in [0.1, 0.15) is 37.2 Å². The molecule has 0 spiro atoms. The number of hydrogen-bond donors (Lipinski definition) is 1. The number of rotatable bonds is 5. The molecule has 0 atom stereocenters. The molecule has 0 aliphatic carbocycles. The van der Waals surface area contributed by atoms with Gasteiger partial charge in [-0.1, -0.05) is 0 Å². The number of carbonyl (C=O) groups excluding carboxylic acids is 1. The minimum Gasteiger partial charge on any atom is -0.481 e. The average molecular weight is 291 g/mol. The van der Waals surface area contributed by atoms with Crippen LogP contribution in [0.15, 0.2) is 22.6 Å². The van der Waals surface area contributed by atoms with E-state index in [-0.39, 0.29) is 12.3 Å². The number of nitrogens with zero attached hydrogens (tertiary/aromatic N) is 1. The van der Waals surface area contributed by atoms with E-state index >= 15 is 0 Å². The van der Waals surface area contributed by atoms with Gasteiger partial charge in [0, 0.05) is 25.6 Å². The largest absolute Gasteiger partial charge is 0.481 e. The van der Waals surface area contributed by atoms with Gasteiger partial charge >= 0.3 is 5.97 Å². The van der Waals surface area contributed by atoms with Gasteiger partial charge in [-0.3, -0.25) is 9.59 Å². The lowest BCUT2D eigenvalue weighted by Crippen LogP contribution is -2.37. The number of carboxylic acid groups (broad SMARTS) is 1. The standard InChI is InChI=1S/C16H21NO4/c1-12-2-4-14(21-12)5-6-15(18)17-10-8-13(9-11-17)3-7-16(19)20/h2,4-6,13H,3,7-11H2,1H3,(H,19,20). The fraction of sp³-hybridized carbons (Fsp3) is 0.500. The van der Waals surface area contributed by atoms with E-state index in [1.165, 1.54) is 6.08 Å². The molecule has 114 valence electrons. The van der Waals surface area contributed by atoms with Crippen molar-refractivity contribution in [2.75, 3.05) is 13.1 Å². The minimum atomic E-state index is -0.745. The maximum atomic E-state index is 12.1. The first-order chi connectivity index (χ1) is 10.0. The molecule has 5 nitrogen and oxygen atoms in total. The molecule has 1 N–H and O–H groups in total. The van der Waals surface area contributed by atoms with Crippen molar-refractivity contribution in [2.45, 2.75) is 32.6 Å². The third kappa shape index (κ3) is 4.77. The fourth-order valence-electron chi connectivity index (χ4n) is 2.57. The summed E-state index contributed by atoms with van der Waals surface area (Å²) in [7, 11) is 0. The van der Waals surface area contributed by atoms with Crippen molar-refractivity contribution in [2.24, 2.45) is 5.92 Å². The van der Waals surface area contributed by atoms with Crippen LogP contribution in [-0.4, -0.2) is 35.0 Å². The summed E-state index contributed by atoms with van der Waals surface area (Å²) in [5, 5.41) is 8.68. The summed E-state index contributed by atoms with van der Waals surface area (Å²) in [5.41, 5.74) is 0. The number of aryl methyl sites for hydroxylation is 1. The summed E-state index contributed by atoms with van der Waals surface area (Å²) in [4.78, 5) is 24.4. The summed E-state index contributed by atoms with van der Waals surface area (Å²) >= 11 is 0. The number of amides is 1. The average Bonchev–Trinajstić information content (AvgIpc) is 2.89. The summed E-state index contributed by atoms with van der Waals surface area (Å²) in [6.07, 6.45) is 5.91. The van der Waals surface area contributed by atoms with Crippen molar-refractivity contribution in [3.63, 3.8) is 0 Å². The van der Waals surface area contributed by atoms with Gasteiger partial charge in [-0.2, -0.15) is 0 Å². The highest BCUT2D eigenvalue weighted by molar-refractivity contribution is 5.91. The van der Waals surface area contributed by atoms with E-state index in [0.29, 0.717) is 31.2 Å². The van der Waals surface area contributed by atoms with Gasteiger partial charge in [0.25, 0.3) is 0 Å². The SMILES string of the molecule is Cc1ccc(C=CC(=O)N2CCC(CCC(=O)O)CC2)o1. The maximum Gasteiger partial charge on any atom is 0.303 e. The molecule has 1 aliphatic heterocycles. The minimum absolute atomic E-state index is 0.0132. The predicted octanol–water partition coefficient (Wildman–Crippen LogP) is 2.70. The molecular formula is C16H21NO4. The topological polar surface area (TPSA) is 70.8 Å². The van der Waals surface area contributed by atoms with Crippen molar-refractivity contribution >= 4 is 18.0 Å². The summed E-state index contributed by atoms with van der Waals surface area (Å²) in [5.74, 6) is 1.16. The smallest absolute Gasteiger partial charge is 0.303 e. The van der Waals surface area contributed by atoms with Crippen LogP contribution in [0.4, 0.5) is 0 Å². The Morgan fingerprint density at radius 3 is 2.67 bits per heavy atom. The van der Waals surface area contributed by atoms with Crippen LogP contribution >= 0.6 is 0 Å². The Kier molecular flexibility index (Phi) is 5.20. The van der Waals surface area contributed by atoms with Crippen molar-refractivity contribution < 1.29 is 19.1 Å². The molecule has 1 fully saturated rings. The Morgan fingerprint density at radius 2 is 2.10 bits per heavy atom. The lowest BCUT2D eigenvalue weighted by Gasteiger charge is -2.31. The lowest BCUT2D eigenvalue weighted by molar-refractivity contribution is -0.137. The van der Waals surface area contributed by atoms with Gasteiger partial charge in [0.15, 0.2) is 0 Å². The second-order valence-corrected chi connectivity index (χ2v) is 5.48. The molecule has 5 heteroatoms. The molecule has 2 heterocycles. The molecule has 0 aromatic carbocycles. The monoisotopic (exact) mass is 291 g/mol. The van der Waals surface area contributed by atoms with Crippen LogP contribution in [0.3, 0.4) is 0 Å². The number of hydrogen-bond acceptors (Lipinski definition) is 3. The van der Waals surface area contributed by atoms with Gasteiger partial charge in [-0.25, -0.2) is 0 Å². The number of carboxylic acids is 1. The van der Waals surface area contributed by atoms with Crippen LogP contribution in [-0.2, 0) is 9.59 Å². The first-order valence-corrected chi connectivity index (χ1v) is 7.30. The molecule has 21 heavy (non-hydrogen) atoms. The molecule has 1 aliphatic rings. The van der Waals surface area contributed by atoms with Crippen molar-refractivity contribution in [3.8, 4) is 0 Å². The summed E-state index contributed by atoms with van der Waals surface area (Å²) < 4.78 is 5.38. The van der Waals surface area contributed by atoms with Gasteiger partial charge in [0.05, 0.1) is 0 Å². The number of furan rings is 1. The number of piperidine rings is 1. The van der Waals surface area contributed by atoms with Crippen molar-refractivity contribution in [1.82, 2.24) is 4.90 Å². The molecule has 0 bridgehead atoms. The van der Waals surface area contributed by atoms with Crippen molar-refractivity contribution in [1.29, 1.82) is 0 Å². The van der Waals surface area contributed by atoms with Gasteiger partial charge in [0.2, 0.25) is 5.91 Å². The Bertz CT molecular complexity index is 524. The van der Waals surface area contributed by atoms with E-state index in [1.807, 2.05) is 24.0 Å². The van der Waals surface area contributed by atoms with E-state index in [4.69, 9.17) is 9.52 Å². The highest BCUT2D eigenvalue weighted by Gasteiger charge is 2.21. The first-order valence-electron chi connectivity index (χ1n) is 7.30. The fourth-order valence-corrected chi connectivity index (χ4v) is 2.57. The molecule has 1 aromatic rings. The maximum absolute atomic E-state index is 12.1. The first kappa shape index (κ1) is 15.4. The van der Waals surface area contributed by atoms with Crippen LogP contribution < -0.4 is 0 Å². The Labute approximate surface area is 124 Å². The van der Waals surface area contributed by atoms with Crippen LogP contribution in [0.2, 0.25) is 0 Å². The third-order valence-corrected chi connectivity index (χ3v) is 3.84. The highest BCUT2D eigenvalue weighted by Crippen LogP contribution is 2.22. The van der Waals surface area contributed by atoms with Crippen LogP contribution in [0.5, 0.6) is 0 Å². The zero-order valence-electron chi connectivity index (χ0n) is 12.2. The number of likely N-dealkylation sites (tertiary alicyclic amines) is 1. The van der Waals surface area contributed by atoms with E-state index in [9.17, 15) is 9.59 Å². The second kappa shape index (κ2) is 7.11. The molecule has 2 rings (SSSR count). The molecule has 1 amide bonds. The van der Waals surface area contributed by atoms with Gasteiger partial charge in [-0.15, -0.1) is 0 Å². The highest BCUT2D eigenvalue weighted by atomic mass is 16.4. The lowest BCUT2D eigenvalue weighted by atomic mass is 9.92. The van der Waals surface area contributed by atoms with Gasteiger partial charge in [-0.05, 0) is 50.3 Å². The van der Waals surface area contributed by atoms with Crippen LogP contribution in [0.25, 0.3) is 6.08 Å². The quantitative estimate of drug-likeness (QED) is 0.847. The molecular weight excluding hydrogens is 270 g/mol. The second-order valence-electron chi connectivity index (χ2n) is 5.48. The summed E-state index contributed by atoms with van der Waals surface area (Å²) in [6, 6.07) is 3.69. The molecule has 0 unspecified atom stereocenters. The zero-order valence-corrected chi connectivity index (χ0v) is 12.2. The van der Waals surface area contributed by atoms with Crippen LogP contribution in [0, 0.1) is 12.8 Å². The Hall–Kier alpha value is -2.04. The molecule has 0 saturated carbocycles. The Morgan fingerprint density at radius 1 is 1.38 bits per heavy atom.